The average molecular weight is 461 g/mol. The topological polar surface area (TPSA) is 15.3 Å². The average Bonchev–Trinajstić information content (AvgIpc) is 2.40. The zero-order valence-corrected chi connectivity index (χ0v) is 16.9. The van der Waals surface area contributed by atoms with Gasteiger partial charge in [-0.2, -0.15) is 0 Å². The van der Waals surface area contributed by atoms with Gasteiger partial charge in [-0.15, -0.1) is 31.4 Å². The minimum atomic E-state index is 0. The Balaban J connectivity index is 0.00000200. The third-order valence-corrected chi connectivity index (χ3v) is 5.34. The first kappa shape index (κ1) is 21.4. The second-order valence-electron chi connectivity index (χ2n) is 5.14. The van der Waals surface area contributed by atoms with E-state index in [4.69, 9.17) is 0 Å². The fourth-order valence-electron chi connectivity index (χ4n) is 2.50. The van der Waals surface area contributed by atoms with Crippen LogP contribution in [0.2, 0.25) is 0 Å². The number of nitrogens with zero attached hydrogens (tertiary/aromatic N) is 1. The highest BCUT2D eigenvalue weighted by atomic mass is 79.9. The van der Waals surface area contributed by atoms with E-state index >= 15 is 0 Å². The minimum absolute atomic E-state index is 0. The predicted molar refractivity (Wildman–Crippen MR) is 103 cm³/mol. The highest BCUT2D eigenvalue weighted by molar-refractivity contribution is 9.13. The molecule has 0 unspecified atom stereocenters. The van der Waals surface area contributed by atoms with Crippen molar-refractivity contribution in [1.29, 1.82) is 0 Å². The molecule has 1 atom stereocenters. The molecule has 120 valence electrons. The molecule has 0 saturated carbocycles. The normalized spacial score (nSPS) is 16.5. The Morgan fingerprint density at radius 3 is 2.38 bits per heavy atom. The van der Waals surface area contributed by atoms with E-state index in [1.165, 1.54) is 11.1 Å². The molecule has 0 aromatic heterocycles. The van der Waals surface area contributed by atoms with E-state index in [0.717, 1.165) is 41.5 Å². The van der Waals surface area contributed by atoms with E-state index in [2.05, 4.69) is 73.8 Å². The molecule has 0 amide bonds. The molecule has 1 aromatic carbocycles. The van der Waals surface area contributed by atoms with Crippen LogP contribution in [0.25, 0.3) is 0 Å². The van der Waals surface area contributed by atoms with Crippen LogP contribution in [0.5, 0.6) is 0 Å². The van der Waals surface area contributed by atoms with Crippen molar-refractivity contribution in [3.05, 3.63) is 44.9 Å². The summed E-state index contributed by atoms with van der Waals surface area (Å²) in [5, 5.41) is 3.41. The van der Waals surface area contributed by atoms with Crippen molar-refractivity contribution >= 4 is 56.7 Å². The summed E-state index contributed by atoms with van der Waals surface area (Å²) < 4.78 is 2.22. The summed E-state index contributed by atoms with van der Waals surface area (Å²) in [7, 11) is 0. The number of nitrogens with one attached hydrogen (secondary N) is 1. The molecule has 2 nitrogen and oxygen atoms in total. The summed E-state index contributed by atoms with van der Waals surface area (Å²) >= 11 is 7.14. The molecule has 2 rings (SSSR count). The first-order valence-corrected chi connectivity index (χ1v) is 8.20. The highest BCUT2D eigenvalue weighted by Crippen LogP contribution is 2.32. The smallest absolute Gasteiger partial charge is 0.0386 e. The molecule has 1 N–H and O–H groups in total. The van der Waals surface area contributed by atoms with Gasteiger partial charge in [-0.1, -0.05) is 11.6 Å². The molecule has 0 bridgehead atoms. The van der Waals surface area contributed by atoms with Crippen molar-refractivity contribution in [3.8, 4) is 0 Å². The number of piperazine rings is 1. The second-order valence-corrected chi connectivity index (χ2v) is 6.85. The van der Waals surface area contributed by atoms with Gasteiger partial charge in [0.25, 0.3) is 0 Å². The molecule has 6 heteroatoms. The van der Waals surface area contributed by atoms with Crippen LogP contribution in [0.1, 0.15) is 24.9 Å². The summed E-state index contributed by atoms with van der Waals surface area (Å²) in [4.78, 5) is 2.56. The quantitative estimate of drug-likeness (QED) is 0.638. The van der Waals surface area contributed by atoms with Gasteiger partial charge < -0.3 is 5.32 Å². The largest absolute Gasteiger partial charge is 0.314 e. The monoisotopic (exact) mass is 458 g/mol. The van der Waals surface area contributed by atoms with E-state index in [9.17, 15) is 0 Å². The van der Waals surface area contributed by atoms with E-state index < -0.39 is 0 Å². The Bertz CT molecular complexity index is 463. The van der Waals surface area contributed by atoms with Gasteiger partial charge in [0.1, 0.15) is 0 Å². The van der Waals surface area contributed by atoms with Crippen LogP contribution >= 0.6 is 56.7 Å². The lowest BCUT2D eigenvalue weighted by Crippen LogP contribution is -2.45. The van der Waals surface area contributed by atoms with E-state index in [-0.39, 0.29) is 24.8 Å². The standard InChI is InChI=1S/C15H20Br2N2.2ClH/c1-11(2)9-15(19-7-5-18-6-8-19)12-3-4-13(16)14(17)10-12;;/h3-4,10,15,18H,1,5-9H2,2H3;2*1H/t15-;;/m0../s1. The zero-order chi connectivity index (χ0) is 13.8. The van der Waals surface area contributed by atoms with Gasteiger partial charge >= 0.3 is 0 Å². The lowest BCUT2D eigenvalue weighted by atomic mass is 9.98. The zero-order valence-electron chi connectivity index (χ0n) is 12.1. The molecule has 1 fully saturated rings. The molecule has 1 saturated heterocycles. The number of hydrogen-bond acceptors (Lipinski definition) is 2. The first-order valence-electron chi connectivity index (χ1n) is 6.62. The Morgan fingerprint density at radius 2 is 1.86 bits per heavy atom. The van der Waals surface area contributed by atoms with Gasteiger partial charge in [0, 0.05) is 41.2 Å². The summed E-state index contributed by atoms with van der Waals surface area (Å²) in [5.74, 6) is 0. The van der Waals surface area contributed by atoms with Crippen LogP contribution in [0, 0.1) is 0 Å². The van der Waals surface area contributed by atoms with Gasteiger partial charge in [0.15, 0.2) is 0 Å². The summed E-state index contributed by atoms with van der Waals surface area (Å²) in [5.41, 5.74) is 2.60. The van der Waals surface area contributed by atoms with Crippen LogP contribution in [-0.2, 0) is 0 Å². The Labute approximate surface area is 156 Å². The van der Waals surface area contributed by atoms with Crippen molar-refractivity contribution < 1.29 is 0 Å². The molecular formula is C15H22Br2Cl2N2. The molecule has 0 aliphatic carbocycles. The lowest BCUT2D eigenvalue weighted by Gasteiger charge is -2.35. The van der Waals surface area contributed by atoms with Crippen molar-refractivity contribution in [2.45, 2.75) is 19.4 Å². The van der Waals surface area contributed by atoms with Crippen molar-refractivity contribution in [2.75, 3.05) is 26.2 Å². The lowest BCUT2D eigenvalue weighted by molar-refractivity contribution is 0.172. The van der Waals surface area contributed by atoms with E-state index in [0.29, 0.717) is 6.04 Å². The first-order chi connectivity index (χ1) is 9.08. The molecule has 1 aliphatic rings. The van der Waals surface area contributed by atoms with E-state index in [1.54, 1.807) is 0 Å². The van der Waals surface area contributed by atoms with Gasteiger partial charge in [-0.25, -0.2) is 0 Å². The molecule has 1 heterocycles. The van der Waals surface area contributed by atoms with Crippen molar-refractivity contribution in [1.82, 2.24) is 10.2 Å². The molecule has 21 heavy (non-hydrogen) atoms. The van der Waals surface area contributed by atoms with Crippen LogP contribution in [0.3, 0.4) is 0 Å². The van der Waals surface area contributed by atoms with Gasteiger partial charge in [0.05, 0.1) is 0 Å². The summed E-state index contributed by atoms with van der Waals surface area (Å²) in [6.45, 7) is 10.6. The van der Waals surface area contributed by atoms with Gasteiger partial charge in [0.2, 0.25) is 0 Å². The maximum absolute atomic E-state index is 4.09. The maximum atomic E-state index is 4.09. The SMILES string of the molecule is C=C(C)C[C@@H](c1ccc(Br)c(Br)c1)N1CCNCC1.Cl.Cl. The molecular weight excluding hydrogens is 439 g/mol. The molecule has 0 radical (unpaired) electrons. The third kappa shape index (κ3) is 6.20. The minimum Gasteiger partial charge on any atom is -0.314 e. The Kier molecular flexibility index (Phi) is 10.4. The van der Waals surface area contributed by atoms with Crippen LogP contribution in [-0.4, -0.2) is 31.1 Å². The van der Waals surface area contributed by atoms with Crippen molar-refractivity contribution in [3.63, 3.8) is 0 Å². The van der Waals surface area contributed by atoms with Crippen LogP contribution in [0.15, 0.2) is 39.3 Å². The third-order valence-electron chi connectivity index (χ3n) is 3.46. The molecule has 1 aromatic rings. The fourth-order valence-corrected chi connectivity index (χ4v) is 3.14. The van der Waals surface area contributed by atoms with Crippen LogP contribution < -0.4 is 5.32 Å². The highest BCUT2D eigenvalue weighted by Gasteiger charge is 2.22. The Hall–Kier alpha value is 0.420. The number of halogens is 4. The number of rotatable bonds is 4. The Morgan fingerprint density at radius 1 is 1.24 bits per heavy atom. The predicted octanol–water partition coefficient (Wildman–Crippen LogP) is 4.97. The fraction of sp³-hybridized carbons (Fsp3) is 0.467. The maximum Gasteiger partial charge on any atom is 0.0386 e. The van der Waals surface area contributed by atoms with Crippen LogP contribution in [0.4, 0.5) is 0 Å². The molecule has 0 spiro atoms. The number of hydrogen-bond donors (Lipinski definition) is 1. The van der Waals surface area contributed by atoms with Gasteiger partial charge in [-0.3, -0.25) is 4.90 Å². The summed E-state index contributed by atoms with van der Waals surface area (Å²) in [6, 6.07) is 6.99. The second kappa shape index (κ2) is 10.2. The number of benzene rings is 1. The van der Waals surface area contributed by atoms with E-state index in [1.807, 2.05) is 0 Å². The van der Waals surface area contributed by atoms with Gasteiger partial charge in [-0.05, 0) is 62.9 Å². The summed E-state index contributed by atoms with van der Waals surface area (Å²) in [6.07, 6.45) is 1.02. The molecule has 1 aliphatic heterocycles. The van der Waals surface area contributed by atoms with Crippen molar-refractivity contribution in [2.24, 2.45) is 0 Å².